The molecule has 0 aliphatic heterocycles. The van der Waals surface area contributed by atoms with E-state index in [-0.39, 0.29) is 13.1 Å². The molecule has 0 aromatic rings. The molecule has 0 rings (SSSR count). The number of hydrogen-bond donors (Lipinski definition) is 2. The summed E-state index contributed by atoms with van der Waals surface area (Å²) in [5.74, 6) is -1.92. The van der Waals surface area contributed by atoms with Crippen LogP contribution in [0.4, 0.5) is 0 Å². The number of hydrogen-bond acceptors (Lipinski definition) is 4. The Kier molecular flexibility index (Phi) is 5.39. The van der Waals surface area contributed by atoms with Crippen molar-refractivity contribution >= 4 is 21.9 Å². The Morgan fingerprint density at radius 1 is 1.44 bits per heavy atom. The van der Waals surface area contributed by atoms with Gasteiger partial charge < -0.3 is 10.4 Å². The minimum Gasteiger partial charge on any atom is -0.480 e. The Morgan fingerprint density at radius 3 is 2.25 bits per heavy atom. The lowest BCUT2D eigenvalue weighted by atomic mass is 10.5. The first-order chi connectivity index (χ1) is 7.27. The predicted molar refractivity (Wildman–Crippen MR) is 57.3 cm³/mol. The number of nitrogens with zero attached hydrogens (tertiary/aromatic N) is 1. The zero-order valence-electron chi connectivity index (χ0n) is 9.43. The SMILES string of the molecule is CCN(CC(=O)NC)S(=O)(=O)C(C)C(=O)O. The van der Waals surface area contributed by atoms with Crippen molar-refractivity contribution in [3.8, 4) is 0 Å². The minimum atomic E-state index is -3.98. The maximum atomic E-state index is 11.7. The largest absolute Gasteiger partial charge is 0.480 e. The van der Waals surface area contributed by atoms with Crippen molar-refractivity contribution < 1.29 is 23.1 Å². The molecule has 0 fully saturated rings. The molecule has 0 spiro atoms. The van der Waals surface area contributed by atoms with Gasteiger partial charge in [-0.25, -0.2) is 8.42 Å². The second-order valence-corrected chi connectivity index (χ2v) is 5.38. The van der Waals surface area contributed by atoms with Crippen molar-refractivity contribution in [1.29, 1.82) is 0 Å². The molecule has 8 heteroatoms. The van der Waals surface area contributed by atoms with E-state index in [4.69, 9.17) is 5.11 Å². The summed E-state index contributed by atoms with van der Waals surface area (Å²) >= 11 is 0. The summed E-state index contributed by atoms with van der Waals surface area (Å²) in [6.07, 6.45) is 0. The number of carbonyl (C=O) groups excluding carboxylic acids is 1. The van der Waals surface area contributed by atoms with Crippen LogP contribution in [0.1, 0.15) is 13.8 Å². The number of carboxylic acids is 1. The summed E-state index contributed by atoms with van der Waals surface area (Å²) in [4.78, 5) is 21.7. The van der Waals surface area contributed by atoms with Crippen LogP contribution in [0, 0.1) is 0 Å². The summed E-state index contributed by atoms with van der Waals surface area (Å²) < 4.78 is 24.3. The number of nitrogens with one attached hydrogen (secondary N) is 1. The van der Waals surface area contributed by atoms with E-state index in [2.05, 4.69) is 5.32 Å². The number of sulfonamides is 1. The monoisotopic (exact) mass is 252 g/mol. The first-order valence-corrected chi connectivity index (χ1v) is 6.20. The highest BCUT2D eigenvalue weighted by molar-refractivity contribution is 7.90. The molecular formula is C8H16N2O5S. The van der Waals surface area contributed by atoms with Crippen molar-refractivity contribution in [2.45, 2.75) is 19.1 Å². The average Bonchev–Trinajstić information content (AvgIpc) is 2.23. The summed E-state index contributed by atoms with van der Waals surface area (Å²) in [6.45, 7) is 2.29. The van der Waals surface area contributed by atoms with Gasteiger partial charge >= 0.3 is 5.97 Å². The Balaban J connectivity index is 4.95. The second kappa shape index (κ2) is 5.80. The fourth-order valence-electron chi connectivity index (χ4n) is 0.972. The number of rotatable bonds is 6. The van der Waals surface area contributed by atoms with Gasteiger partial charge in [-0.3, -0.25) is 9.59 Å². The lowest BCUT2D eigenvalue weighted by Gasteiger charge is -2.21. The van der Waals surface area contributed by atoms with Crippen LogP contribution in [0.2, 0.25) is 0 Å². The van der Waals surface area contributed by atoms with Gasteiger partial charge in [-0.1, -0.05) is 6.92 Å². The standard InChI is InChI=1S/C8H16N2O5S/c1-4-10(5-7(11)9-3)16(14,15)6(2)8(12)13/h6H,4-5H2,1-3H3,(H,9,11)(H,12,13). The van der Waals surface area contributed by atoms with E-state index in [0.717, 1.165) is 11.2 Å². The van der Waals surface area contributed by atoms with Crippen LogP contribution in [0.25, 0.3) is 0 Å². The number of carbonyl (C=O) groups is 2. The van der Waals surface area contributed by atoms with E-state index in [1.807, 2.05) is 0 Å². The van der Waals surface area contributed by atoms with Crippen molar-refractivity contribution in [2.75, 3.05) is 20.1 Å². The number of aliphatic carboxylic acids is 1. The summed E-state index contributed by atoms with van der Waals surface area (Å²) in [7, 11) is -2.60. The van der Waals surface area contributed by atoms with Crippen molar-refractivity contribution in [1.82, 2.24) is 9.62 Å². The molecule has 1 amide bonds. The maximum absolute atomic E-state index is 11.7. The molecule has 1 unspecified atom stereocenters. The molecule has 0 aromatic carbocycles. The zero-order chi connectivity index (χ0) is 12.9. The first-order valence-electron chi connectivity index (χ1n) is 4.69. The van der Waals surface area contributed by atoms with Gasteiger partial charge in [-0.2, -0.15) is 4.31 Å². The fourth-order valence-corrected chi connectivity index (χ4v) is 2.33. The highest BCUT2D eigenvalue weighted by atomic mass is 32.2. The van der Waals surface area contributed by atoms with Gasteiger partial charge in [-0.05, 0) is 6.92 Å². The molecular weight excluding hydrogens is 236 g/mol. The van der Waals surface area contributed by atoms with Crippen LogP contribution in [0.15, 0.2) is 0 Å². The molecule has 0 heterocycles. The van der Waals surface area contributed by atoms with Crippen molar-refractivity contribution in [3.63, 3.8) is 0 Å². The molecule has 0 aliphatic carbocycles. The molecule has 16 heavy (non-hydrogen) atoms. The van der Waals surface area contributed by atoms with E-state index in [1.165, 1.54) is 14.0 Å². The van der Waals surface area contributed by atoms with E-state index >= 15 is 0 Å². The van der Waals surface area contributed by atoms with E-state index in [9.17, 15) is 18.0 Å². The third-order valence-electron chi connectivity index (χ3n) is 2.11. The van der Waals surface area contributed by atoms with E-state index < -0.39 is 27.1 Å². The van der Waals surface area contributed by atoms with Gasteiger partial charge in [0.15, 0.2) is 5.25 Å². The van der Waals surface area contributed by atoms with Crippen molar-refractivity contribution in [3.05, 3.63) is 0 Å². The van der Waals surface area contributed by atoms with E-state index in [0.29, 0.717) is 0 Å². The first kappa shape index (κ1) is 14.8. The lowest BCUT2D eigenvalue weighted by Crippen LogP contribution is -2.45. The molecule has 2 N–H and O–H groups in total. The van der Waals surface area contributed by atoms with Crippen LogP contribution in [0.3, 0.4) is 0 Å². The molecule has 0 bridgehead atoms. The Bertz CT molecular complexity index is 365. The summed E-state index contributed by atoms with van der Waals surface area (Å²) in [6, 6.07) is 0. The van der Waals surface area contributed by atoms with Crippen LogP contribution in [-0.2, 0) is 19.6 Å². The molecule has 0 saturated heterocycles. The Labute approximate surface area is 94.5 Å². The normalized spacial score (nSPS) is 13.5. The molecule has 1 atom stereocenters. The summed E-state index contributed by atoms with van der Waals surface area (Å²) in [5.41, 5.74) is 0. The molecule has 94 valence electrons. The number of likely N-dealkylation sites (N-methyl/N-ethyl adjacent to an activating group) is 2. The smallest absolute Gasteiger partial charge is 0.323 e. The highest BCUT2D eigenvalue weighted by Crippen LogP contribution is 2.08. The quantitative estimate of drug-likeness (QED) is 0.621. The van der Waals surface area contributed by atoms with Gasteiger partial charge in [-0.15, -0.1) is 0 Å². The third-order valence-corrected chi connectivity index (χ3v) is 4.31. The molecule has 0 radical (unpaired) electrons. The van der Waals surface area contributed by atoms with Gasteiger partial charge in [0.2, 0.25) is 15.9 Å². The summed E-state index contributed by atoms with van der Waals surface area (Å²) in [5, 5.41) is 9.37. The predicted octanol–water partition coefficient (Wildman–Crippen LogP) is -1.14. The Hall–Kier alpha value is -1.15. The second-order valence-electron chi connectivity index (χ2n) is 3.12. The average molecular weight is 252 g/mol. The molecule has 0 saturated carbocycles. The van der Waals surface area contributed by atoms with Gasteiger partial charge in [0.1, 0.15) is 0 Å². The van der Waals surface area contributed by atoms with Crippen LogP contribution < -0.4 is 5.32 Å². The Morgan fingerprint density at radius 2 is 1.94 bits per heavy atom. The third kappa shape index (κ3) is 3.46. The molecule has 7 nitrogen and oxygen atoms in total. The van der Waals surface area contributed by atoms with Crippen LogP contribution in [0.5, 0.6) is 0 Å². The fraction of sp³-hybridized carbons (Fsp3) is 0.750. The number of carboxylic acid groups (broad SMARTS) is 1. The molecule has 0 aliphatic rings. The van der Waals surface area contributed by atoms with Gasteiger partial charge in [0, 0.05) is 13.6 Å². The van der Waals surface area contributed by atoms with Crippen LogP contribution >= 0.6 is 0 Å². The minimum absolute atomic E-state index is 0.0490. The van der Waals surface area contributed by atoms with Crippen molar-refractivity contribution in [2.24, 2.45) is 0 Å². The molecule has 0 aromatic heterocycles. The van der Waals surface area contributed by atoms with Gasteiger partial charge in [0.05, 0.1) is 6.54 Å². The van der Waals surface area contributed by atoms with Crippen LogP contribution in [-0.4, -0.2) is 55.1 Å². The topological polar surface area (TPSA) is 104 Å². The maximum Gasteiger partial charge on any atom is 0.323 e. The zero-order valence-corrected chi connectivity index (χ0v) is 10.2. The highest BCUT2D eigenvalue weighted by Gasteiger charge is 2.33. The van der Waals surface area contributed by atoms with E-state index in [1.54, 1.807) is 0 Å². The lowest BCUT2D eigenvalue weighted by molar-refractivity contribution is -0.136. The number of amides is 1. The van der Waals surface area contributed by atoms with Gasteiger partial charge in [0.25, 0.3) is 0 Å².